The van der Waals surface area contributed by atoms with Gasteiger partial charge in [-0.25, -0.2) is 0 Å². The van der Waals surface area contributed by atoms with E-state index in [-0.39, 0.29) is 23.6 Å². The predicted molar refractivity (Wildman–Crippen MR) is 166 cm³/mol. The van der Waals surface area contributed by atoms with Crippen molar-refractivity contribution >= 4 is 57.1 Å². The van der Waals surface area contributed by atoms with Crippen LogP contribution in [0.5, 0.6) is 0 Å². The minimum absolute atomic E-state index is 0.0528. The van der Waals surface area contributed by atoms with Gasteiger partial charge in [0.05, 0.1) is 5.25 Å². The molecule has 0 spiro atoms. The number of carbonyl (C=O) groups excluding carboxylic acids is 2. The van der Waals surface area contributed by atoms with Crippen molar-refractivity contribution in [3.8, 4) is 0 Å². The summed E-state index contributed by atoms with van der Waals surface area (Å²) in [4.78, 5) is 35.3. The molecule has 3 N–H and O–H groups in total. The largest absolute Gasteiger partial charge is 0.481 e. The molecule has 0 aliphatic rings. The number of amides is 2. The van der Waals surface area contributed by atoms with Crippen molar-refractivity contribution < 1.29 is 19.5 Å². The zero-order valence-corrected chi connectivity index (χ0v) is 26.0. The van der Waals surface area contributed by atoms with Crippen LogP contribution in [0, 0.1) is 0 Å². The molecular weight excluding hydrogens is 543 g/mol. The molecule has 0 bridgehead atoms. The minimum Gasteiger partial charge on any atom is -0.481 e. The van der Waals surface area contributed by atoms with Gasteiger partial charge in [-0.3, -0.25) is 14.4 Å². The molecule has 0 saturated heterocycles. The molecule has 0 heterocycles. The summed E-state index contributed by atoms with van der Waals surface area (Å²) < 4.78 is 0.870. The van der Waals surface area contributed by atoms with Crippen LogP contribution in [0.2, 0.25) is 0 Å². The van der Waals surface area contributed by atoms with E-state index in [0.29, 0.717) is 13.1 Å². The molecule has 0 fully saturated rings. The Hall–Kier alpha value is -1.49. The van der Waals surface area contributed by atoms with Crippen molar-refractivity contribution in [1.29, 1.82) is 0 Å². The van der Waals surface area contributed by atoms with Crippen LogP contribution in [0.3, 0.4) is 0 Å². The number of thiocarbonyl (C=S) groups is 1. The normalized spacial score (nSPS) is 10.9. The molecule has 0 aliphatic carbocycles. The van der Waals surface area contributed by atoms with Gasteiger partial charge in [0.15, 0.2) is 0 Å². The second kappa shape index (κ2) is 30.1. The first kappa shape index (κ1) is 38.7. The molecule has 0 rings (SSSR count). The second-order valence-corrected chi connectivity index (χ2v) is 12.4. The van der Waals surface area contributed by atoms with E-state index >= 15 is 0 Å². The molecule has 2 amide bonds. The number of hydrogen-bond donors (Lipinski definition) is 3. The van der Waals surface area contributed by atoms with E-state index in [1.807, 2.05) is 6.92 Å². The maximum atomic E-state index is 12.5. The predicted octanol–water partition coefficient (Wildman–Crippen LogP) is 7.24. The average Bonchev–Trinajstić information content (AvgIpc) is 2.88. The number of hydrogen-bond acceptors (Lipinski definition) is 7. The number of rotatable bonds is 22. The summed E-state index contributed by atoms with van der Waals surface area (Å²) in [5.74, 6) is -0.00672. The van der Waals surface area contributed by atoms with Crippen LogP contribution in [0.25, 0.3) is 10.4 Å². The first-order valence-corrected chi connectivity index (χ1v) is 16.1. The molecule has 38 heavy (non-hydrogen) atoms. The van der Waals surface area contributed by atoms with Gasteiger partial charge in [-0.1, -0.05) is 101 Å². The first-order valence-electron chi connectivity index (χ1n) is 13.9. The number of azide groups is 1. The molecule has 220 valence electrons. The molecule has 0 saturated carbocycles. The maximum absolute atomic E-state index is 12.5. The maximum Gasteiger partial charge on any atom is 0.300 e. The summed E-state index contributed by atoms with van der Waals surface area (Å²) in [6, 6.07) is 0. The minimum atomic E-state index is -0.833. The molecule has 0 aromatic rings. The van der Waals surface area contributed by atoms with Crippen LogP contribution in [0.4, 0.5) is 0 Å². The topological polar surface area (TPSA) is 144 Å². The summed E-state index contributed by atoms with van der Waals surface area (Å²) in [6.45, 7) is 6.37. The summed E-state index contributed by atoms with van der Waals surface area (Å²) >= 11 is 8.73. The third-order valence-corrected chi connectivity index (χ3v) is 8.41. The van der Waals surface area contributed by atoms with Crippen molar-refractivity contribution in [1.82, 2.24) is 10.6 Å². The zero-order valence-electron chi connectivity index (χ0n) is 23.5. The Balaban J connectivity index is 0. The highest BCUT2D eigenvalue weighted by Gasteiger charge is 2.18. The standard InChI is InChI=1S/C24H45N5O2S3.C2H4O2/c1-3-5-6-7-8-9-10-11-12-16-19-33-24(32)34-21(4-2)23(31)27-18-15-13-14-17-26-22(30)20-28-29-25;1-2(3)4/h21H,3-20H2,1-2H3,(H,26,30)(H,27,31);1H3,(H,3,4). The Labute approximate surface area is 243 Å². The van der Waals surface area contributed by atoms with Crippen molar-refractivity contribution in [2.75, 3.05) is 25.4 Å². The number of nitrogens with one attached hydrogen (secondary N) is 2. The number of aliphatic carboxylic acids is 1. The molecule has 0 aliphatic heterocycles. The number of carboxylic acids is 1. The zero-order chi connectivity index (χ0) is 28.9. The lowest BCUT2D eigenvalue weighted by molar-refractivity contribution is -0.134. The van der Waals surface area contributed by atoms with E-state index in [1.54, 1.807) is 11.8 Å². The fourth-order valence-corrected chi connectivity index (χ4v) is 5.92. The SMILES string of the molecule is CC(=O)O.CCCCCCCCCCCCSC(=S)SC(CC)C(=O)NCCCCCNC(=O)CN=[N+]=[N-]. The fraction of sp³-hybridized carbons (Fsp3) is 0.846. The Morgan fingerprint density at radius 1 is 0.895 bits per heavy atom. The van der Waals surface area contributed by atoms with Gasteiger partial charge in [0.25, 0.3) is 5.97 Å². The molecule has 0 aromatic carbocycles. The van der Waals surface area contributed by atoms with E-state index in [4.69, 9.17) is 27.7 Å². The van der Waals surface area contributed by atoms with Crippen molar-refractivity contribution in [3.63, 3.8) is 0 Å². The summed E-state index contributed by atoms with van der Waals surface area (Å²) in [5.41, 5.74) is 8.17. The quantitative estimate of drug-likeness (QED) is 0.0395. The van der Waals surface area contributed by atoms with Gasteiger partial charge in [0.1, 0.15) is 10.1 Å². The van der Waals surface area contributed by atoms with Gasteiger partial charge in [-0.2, -0.15) is 0 Å². The van der Waals surface area contributed by atoms with Crippen molar-refractivity contribution in [3.05, 3.63) is 10.4 Å². The van der Waals surface area contributed by atoms with Crippen molar-refractivity contribution in [2.24, 2.45) is 5.11 Å². The molecule has 9 nitrogen and oxygen atoms in total. The van der Waals surface area contributed by atoms with Crippen LogP contribution in [-0.4, -0.2) is 57.1 Å². The van der Waals surface area contributed by atoms with Crippen LogP contribution in [0.1, 0.15) is 111 Å². The smallest absolute Gasteiger partial charge is 0.300 e. The lowest BCUT2D eigenvalue weighted by atomic mass is 10.1. The second-order valence-electron chi connectivity index (χ2n) is 8.90. The summed E-state index contributed by atoms with van der Waals surface area (Å²) in [7, 11) is 0. The van der Waals surface area contributed by atoms with Gasteiger partial charge in [-0.15, -0.1) is 11.8 Å². The van der Waals surface area contributed by atoms with E-state index in [2.05, 4.69) is 27.6 Å². The number of thioether (sulfide) groups is 2. The molecule has 0 radical (unpaired) electrons. The molecule has 0 aromatic heterocycles. The van der Waals surface area contributed by atoms with Gasteiger partial charge >= 0.3 is 0 Å². The Morgan fingerprint density at radius 3 is 1.92 bits per heavy atom. The third-order valence-electron chi connectivity index (χ3n) is 5.37. The number of carboxylic acid groups (broad SMARTS) is 1. The molecule has 12 heteroatoms. The van der Waals surface area contributed by atoms with Crippen LogP contribution in [0.15, 0.2) is 5.11 Å². The fourth-order valence-electron chi connectivity index (χ4n) is 3.35. The Bertz CT molecular complexity index is 688. The first-order chi connectivity index (χ1) is 18.3. The number of carbonyl (C=O) groups is 3. The van der Waals surface area contributed by atoms with E-state index in [1.165, 1.54) is 76.0 Å². The van der Waals surface area contributed by atoms with Gasteiger partial charge in [-0.05, 0) is 43.4 Å². The lowest BCUT2D eigenvalue weighted by Gasteiger charge is -2.15. The van der Waals surface area contributed by atoms with Crippen molar-refractivity contribution in [2.45, 2.75) is 116 Å². The van der Waals surface area contributed by atoms with E-state index in [9.17, 15) is 9.59 Å². The number of unbranched alkanes of at least 4 members (excludes halogenated alkanes) is 11. The van der Waals surface area contributed by atoms with Gasteiger partial charge in [0, 0.05) is 24.9 Å². The summed E-state index contributed by atoms with van der Waals surface area (Å²) in [5, 5.41) is 16.2. The lowest BCUT2D eigenvalue weighted by Crippen LogP contribution is -2.33. The Kier molecular flexibility index (Phi) is 30.6. The monoisotopic (exact) mass is 591 g/mol. The van der Waals surface area contributed by atoms with Crippen LogP contribution in [-0.2, 0) is 14.4 Å². The van der Waals surface area contributed by atoms with Crippen LogP contribution < -0.4 is 10.6 Å². The highest BCUT2D eigenvalue weighted by Crippen LogP contribution is 2.25. The highest BCUT2D eigenvalue weighted by atomic mass is 32.2. The number of nitrogens with zero attached hydrogens (tertiary/aromatic N) is 3. The average molecular weight is 592 g/mol. The molecular formula is C26H49N5O4S3. The highest BCUT2D eigenvalue weighted by molar-refractivity contribution is 8.47. The van der Waals surface area contributed by atoms with E-state index in [0.717, 1.165) is 41.9 Å². The van der Waals surface area contributed by atoms with Crippen LogP contribution >= 0.6 is 35.7 Å². The third kappa shape index (κ3) is 30.7. The van der Waals surface area contributed by atoms with Gasteiger partial charge < -0.3 is 15.7 Å². The summed E-state index contributed by atoms with van der Waals surface area (Å²) in [6.07, 6.45) is 16.7. The van der Waals surface area contributed by atoms with Gasteiger partial charge in [0.2, 0.25) is 11.8 Å². The molecule has 1 unspecified atom stereocenters. The van der Waals surface area contributed by atoms with E-state index < -0.39 is 5.97 Å². The molecule has 1 atom stereocenters. The Morgan fingerprint density at radius 2 is 1.39 bits per heavy atom.